The zero-order valence-corrected chi connectivity index (χ0v) is 36.6. The molecule has 0 aromatic heterocycles. The second-order valence-corrected chi connectivity index (χ2v) is 23.1. The van der Waals surface area contributed by atoms with Gasteiger partial charge in [-0.3, -0.25) is 18.4 Å². The molecule has 1 fully saturated rings. The van der Waals surface area contributed by atoms with E-state index in [0.717, 1.165) is 25.7 Å². The van der Waals surface area contributed by atoms with Crippen molar-refractivity contribution in [2.75, 3.05) is 19.8 Å². The Morgan fingerprint density at radius 3 is 1.55 bits per heavy atom. The maximum absolute atomic E-state index is 13.3. The van der Waals surface area contributed by atoms with Gasteiger partial charge < -0.3 is 9.74 Å². The van der Waals surface area contributed by atoms with Gasteiger partial charge in [0.05, 0.1) is 32.0 Å². The number of rotatable bonds is 34. The topological polar surface area (TPSA) is 83.1 Å². The van der Waals surface area contributed by atoms with Crippen molar-refractivity contribution >= 4 is 22.0 Å². The van der Waals surface area contributed by atoms with Crippen molar-refractivity contribution in [2.24, 2.45) is 0 Å². The second kappa shape index (κ2) is 29.8. The third kappa shape index (κ3) is 25.3. The van der Waals surface area contributed by atoms with Crippen LogP contribution in [0.3, 0.4) is 0 Å². The van der Waals surface area contributed by atoms with E-state index >= 15 is 0 Å². The fourth-order valence-corrected chi connectivity index (χ4v) is 8.75. The molecule has 1 N–H and O–H groups in total. The molecule has 0 bridgehead atoms. The largest absolute Gasteiger partial charge is 0.475 e. The average molecular weight is 758 g/mol. The van der Waals surface area contributed by atoms with Crippen molar-refractivity contribution in [2.45, 2.75) is 232 Å². The number of carbonyl (C=O) groups excluding carboxylic acids is 1. The molecule has 0 saturated carbocycles. The van der Waals surface area contributed by atoms with E-state index in [9.17, 15) is 9.36 Å². The number of allylic oxidation sites excluding steroid dienone is 1. The summed E-state index contributed by atoms with van der Waals surface area (Å²) in [5.74, 6) is -0.0131. The van der Waals surface area contributed by atoms with Crippen LogP contribution >= 0.6 is 7.82 Å². The van der Waals surface area contributed by atoms with Crippen LogP contribution in [-0.4, -0.2) is 46.2 Å². The lowest BCUT2D eigenvalue weighted by molar-refractivity contribution is -0.122. The molecule has 2 atom stereocenters. The first-order valence-electron chi connectivity index (χ1n) is 21.6. The smallest absolute Gasteiger partial charge is 0.408 e. The normalized spacial score (nSPS) is 16.2. The Bertz CT molecular complexity index is 914. The van der Waals surface area contributed by atoms with Crippen molar-refractivity contribution in [1.82, 2.24) is 5.32 Å². The van der Waals surface area contributed by atoms with Gasteiger partial charge in [-0.15, -0.1) is 0 Å². The van der Waals surface area contributed by atoms with Gasteiger partial charge in [-0.05, 0) is 37.4 Å². The Balaban J connectivity index is 2.66. The van der Waals surface area contributed by atoms with E-state index in [1.165, 1.54) is 135 Å². The van der Waals surface area contributed by atoms with Gasteiger partial charge in [0.1, 0.15) is 0 Å². The summed E-state index contributed by atoms with van der Waals surface area (Å²) in [5.41, 5.74) is 0. The van der Waals surface area contributed by atoms with Crippen LogP contribution in [0.25, 0.3) is 0 Å². The highest BCUT2D eigenvalue weighted by atomic mass is 31.2. The maximum Gasteiger partial charge on any atom is 0.475 e. The average Bonchev–Trinajstić information content (AvgIpc) is 3.52. The third-order valence-corrected chi connectivity index (χ3v) is 16.7. The van der Waals surface area contributed by atoms with Crippen LogP contribution in [0.15, 0.2) is 12.2 Å². The number of hydrogen-bond acceptors (Lipinski definition) is 6. The molecule has 0 aromatic carbocycles. The van der Waals surface area contributed by atoms with Gasteiger partial charge in [0.15, 0.2) is 8.32 Å². The van der Waals surface area contributed by atoms with E-state index in [2.05, 4.69) is 65.2 Å². The Labute approximate surface area is 317 Å². The summed E-state index contributed by atoms with van der Waals surface area (Å²) in [6.07, 6.45) is 36.5. The molecule has 1 aliphatic heterocycles. The summed E-state index contributed by atoms with van der Waals surface area (Å²) in [6, 6.07) is -0.499. The van der Waals surface area contributed by atoms with Gasteiger partial charge in [-0.2, -0.15) is 0 Å². The quantitative estimate of drug-likeness (QED) is 0.0305. The van der Waals surface area contributed by atoms with Crippen LogP contribution in [0.2, 0.25) is 18.1 Å². The van der Waals surface area contributed by atoms with Crippen molar-refractivity contribution < 1.29 is 27.4 Å². The van der Waals surface area contributed by atoms with Crippen LogP contribution in [0, 0.1) is 0 Å². The number of hydrogen-bond donors (Lipinski definition) is 1. The molecule has 302 valence electrons. The minimum atomic E-state index is -3.62. The molecule has 1 amide bonds. The number of phosphoric ester groups is 1. The summed E-state index contributed by atoms with van der Waals surface area (Å²) in [6.45, 7) is 16.2. The highest BCUT2D eigenvalue weighted by molar-refractivity contribution is 7.48. The molecule has 7 nitrogen and oxygen atoms in total. The minimum absolute atomic E-state index is 0.00367. The number of unbranched alkanes of at least 4 members (excludes halogenated alkanes) is 23. The van der Waals surface area contributed by atoms with Crippen LogP contribution in [0.4, 0.5) is 0 Å². The number of carbonyl (C=O) groups is 1. The zero-order valence-electron chi connectivity index (χ0n) is 34.7. The fraction of sp³-hybridized carbons (Fsp3) is 0.929. The summed E-state index contributed by atoms with van der Waals surface area (Å²) >= 11 is 0. The van der Waals surface area contributed by atoms with Crippen molar-refractivity contribution in [1.29, 1.82) is 0 Å². The predicted molar refractivity (Wildman–Crippen MR) is 220 cm³/mol. The number of phosphoric acid groups is 1. The van der Waals surface area contributed by atoms with Gasteiger partial charge >= 0.3 is 7.82 Å². The van der Waals surface area contributed by atoms with Gasteiger partial charge in [0, 0.05) is 6.42 Å². The molecule has 1 aliphatic rings. The molecule has 51 heavy (non-hydrogen) atoms. The zero-order chi connectivity index (χ0) is 37.7. The van der Waals surface area contributed by atoms with E-state index in [1.807, 2.05) is 0 Å². The summed E-state index contributed by atoms with van der Waals surface area (Å²) in [4.78, 5) is 13.3. The lowest BCUT2D eigenvalue weighted by Crippen LogP contribution is -2.52. The monoisotopic (exact) mass is 758 g/mol. The first kappa shape index (κ1) is 48.5. The Morgan fingerprint density at radius 2 is 1.12 bits per heavy atom. The molecule has 9 heteroatoms. The lowest BCUT2D eigenvalue weighted by Gasteiger charge is -2.40. The SMILES string of the molecule is CCCCCCCCCCCCC/C=C/[C@@H](O[Si](C)(C)C(C)(C)C)[C@H](COP1(=O)OCCO1)NC(=O)CCCCCCCCCCCCCCC. The predicted octanol–water partition coefficient (Wildman–Crippen LogP) is 13.8. The van der Waals surface area contributed by atoms with E-state index < -0.39 is 28.3 Å². The standard InChI is InChI=1S/C42H84NO6PSi/c1-8-10-12-14-16-18-20-22-24-26-28-30-32-34-40(49-51(6,7)42(3,4)5)39(38-48-50(45)46-36-37-47-50)43-41(44)35-33-31-29-27-25-23-21-19-17-15-13-11-9-2/h32,34,39-40H,8-31,33,35-38H2,1-7H3,(H,43,44)/b34-32+/t39-,40+/m0/s1. The number of nitrogens with one attached hydrogen (secondary N) is 1. The second-order valence-electron chi connectivity index (χ2n) is 16.7. The molecular formula is C42H84NO6PSi. The number of amides is 1. The third-order valence-electron chi connectivity index (χ3n) is 10.8. The van der Waals surface area contributed by atoms with Crippen molar-refractivity contribution in [3.8, 4) is 0 Å². The summed E-state index contributed by atoms with van der Waals surface area (Å²) in [7, 11) is -5.84. The summed E-state index contributed by atoms with van der Waals surface area (Å²) in [5, 5.41) is 3.21. The van der Waals surface area contributed by atoms with Crippen LogP contribution in [-0.2, 0) is 27.4 Å². The maximum atomic E-state index is 13.3. The summed E-state index contributed by atoms with van der Waals surface area (Å²) < 4.78 is 36.3. The van der Waals surface area contributed by atoms with Crippen LogP contribution < -0.4 is 5.32 Å². The van der Waals surface area contributed by atoms with Gasteiger partial charge in [0.25, 0.3) is 0 Å². The van der Waals surface area contributed by atoms with Crippen LogP contribution in [0.5, 0.6) is 0 Å². The lowest BCUT2D eigenvalue weighted by atomic mass is 10.0. The van der Waals surface area contributed by atoms with E-state index in [4.69, 9.17) is 18.0 Å². The van der Waals surface area contributed by atoms with Crippen LogP contribution in [0.1, 0.15) is 202 Å². The van der Waals surface area contributed by atoms with Crippen molar-refractivity contribution in [3.63, 3.8) is 0 Å². The molecule has 1 heterocycles. The molecule has 1 rings (SSSR count). The first-order chi connectivity index (χ1) is 24.4. The Morgan fingerprint density at radius 1 is 0.706 bits per heavy atom. The Hall–Kier alpha value is -0.503. The van der Waals surface area contributed by atoms with E-state index in [1.54, 1.807) is 0 Å². The van der Waals surface area contributed by atoms with E-state index in [0.29, 0.717) is 6.42 Å². The molecule has 0 aromatic rings. The molecule has 1 saturated heterocycles. The molecule has 0 unspecified atom stereocenters. The highest BCUT2D eigenvalue weighted by Gasteiger charge is 2.41. The molecule has 0 aliphatic carbocycles. The molecular weight excluding hydrogens is 674 g/mol. The fourth-order valence-electron chi connectivity index (χ4n) is 6.31. The molecule has 0 spiro atoms. The van der Waals surface area contributed by atoms with Gasteiger partial charge in [-0.25, -0.2) is 4.57 Å². The Kier molecular flexibility index (Phi) is 28.4. The first-order valence-corrected chi connectivity index (χ1v) is 26.0. The van der Waals surface area contributed by atoms with Gasteiger partial charge in [-0.1, -0.05) is 188 Å². The van der Waals surface area contributed by atoms with Gasteiger partial charge in [0.2, 0.25) is 5.91 Å². The highest BCUT2D eigenvalue weighted by Crippen LogP contribution is 2.53. The molecule has 0 radical (unpaired) electrons. The van der Waals surface area contributed by atoms with Crippen molar-refractivity contribution in [3.05, 3.63) is 12.2 Å². The van der Waals surface area contributed by atoms with E-state index in [-0.39, 0.29) is 30.8 Å². The minimum Gasteiger partial charge on any atom is -0.408 e.